The summed E-state index contributed by atoms with van der Waals surface area (Å²) in [6.07, 6.45) is 3.21. The molecule has 7 rings (SSSR count). The summed E-state index contributed by atoms with van der Waals surface area (Å²) < 4.78 is 5.81. The molecule has 2 heterocycles. The van der Waals surface area contributed by atoms with Crippen molar-refractivity contribution in [1.29, 1.82) is 0 Å². The van der Waals surface area contributed by atoms with Crippen molar-refractivity contribution in [3.63, 3.8) is 0 Å². The van der Waals surface area contributed by atoms with E-state index in [0.29, 0.717) is 34.4 Å². The molecule has 1 N–H and O–H groups in total. The predicted molar refractivity (Wildman–Crippen MR) is 175 cm³/mol. The Kier molecular flexibility index (Phi) is 7.58. The molecule has 8 nitrogen and oxygen atoms in total. The molecular weight excluding hydrogens is 560 g/mol. The highest BCUT2D eigenvalue weighted by molar-refractivity contribution is 6.03. The number of carbonyl (C=O) groups is 1. The van der Waals surface area contributed by atoms with E-state index < -0.39 is 0 Å². The van der Waals surface area contributed by atoms with Gasteiger partial charge < -0.3 is 14.6 Å². The van der Waals surface area contributed by atoms with Gasteiger partial charge >= 0.3 is 0 Å². The van der Waals surface area contributed by atoms with Gasteiger partial charge in [0.15, 0.2) is 5.82 Å². The molecular formula is C37H26N6O2. The van der Waals surface area contributed by atoms with E-state index >= 15 is 0 Å². The minimum absolute atomic E-state index is 0.301. The lowest BCUT2D eigenvalue weighted by molar-refractivity contribution is 0.102. The topological polar surface area (TPSA) is 97.0 Å². The number of carbonyl (C=O) groups excluding carboxylic acids is 1. The Labute approximate surface area is 259 Å². The van der Waals surface area contributed by atoms with Crippen molar-refractivity contribution in [2.24, 2.45) is 0 Å². The van der Waals surface area contributed by atoms with Crippen LogP contribution >= 0.6 is 0 Å². The van der Waals surface area contributed by atoms with Crippen LogP contribution < -0.4 is 10.2 Å². The van der Waals surface area contributed by atoms with E-state index in [9.17, 15) is 4.79 Å². The summed E-state index contributed by atoms with van der Waals surface area (Å²) in [5.74, 6) is 0.869. The van der Waals surface area contributed by atoms with E-state index in [4.69, 9.17) is 4.42 Å². The molecule has 7 aromatic rings. The zero-order chi connectivity index (χ0) is 30.4. The smallest absolute Gasteiger partial charge is 0.256 e. The molecule has 0 saturated heterocycles. The number of hydrogen-bond donors (Lipinski definition) is 1. The number of nitrogens with zero attached hydrogens (tertiary/aromatic N) is 5. The summed E-state index contributed by atoms with van der Waals surface area (Å²) in [5, 5.41) is 11.1. The maximum absolute atomic E-state index is 12.9. The van der Waals surface area contributed by atoms with Crippen LogP contribution in [0.2, 0.25) is 0 Å². The SMILES string of the molecule is O=C(Nc1cnc(-c2ccc(N(c3ccccc3)c3ccccc3)cc2)cn1)c1ccc(-c2nnc(-c3ccccc3)o2)cc1. The molecule has 0 bridgehead atoms. The molecule has 0 spiro atoms. The van der Waals surface area contributed by atoms with Gasteiger partial charge in [-0.15, -0.1) is 10.2 Å². The molecule has 0 fully saturated rings. The van der Waals surface area contributed by atoms with Gasteiger partial charge in [0.2, 0.25) is 11.8 Å². The van der Waals surface area contributed by atoms with Crippen LogP contribution in [0.5, 0.6) is 0 Å². The van der Waals surface area contributed by atoms with Gasteiger partial charge in [-0.3, -0.25) is 9.78 Å². The van der Waals surface area contributed by atoms with Gasteiger partial charge in [0.1, 0.15) is 0 Å². The molecule has 2 aromatic heterocycles. The van der Waals surface area contributed by atoms with E-state index in [-0.39, 0.29) is 5.91 Å². The first-order valence-corrected chi connectivity index (χ1v) is 14.3. The largest absolute Gasteiger partial charge is 0.416 e. The molecule has 8 heteroatoms. The second-order valence-electron chi connectivity index (χ2n) is 10.2. The molecule has 0 aliphatic carbocycles. The van der Waals surface area contributed by atoms with E-state index in [1.165, 1.54) is 0 Å². The van der Waals surface area contributed by atoms with Crippen LogP contribution in [0.1, 0.15) is 10.4 Å². The molecule has 1 amide bonds. The molecule has 0 unspecified atom stereocenters. The molecule has 0 aliphatic heterocycles. The number of amides is 1. The second-order valence-corrected chi connectivity index (χ2v) is 10.2. The monoisotopic (exact) mass is 586 g/mol. The van der Waals surface area contributed by atoms with Gasteiger partial charge in [0, 0.05) is 39.3 Å². The summed E-state index contributed by atoms with van der Waals surface area (Å²) in [7, 11) is 0. The first-order chi connectivity index (χ1) is 22.2. The highest BCUT2D eigenvalue weighted by Gasteiger charge is 2.14. The molecule has 0 saturated carbocycles. The van der Waals surface area contributed by atoms with E-state index in [2.05, 4.69) is 66.8 Å². The van der Waals surface area contributed by atoms with Crippen molar-refractivity contribution < 1.29 is 9.21 Å². The Bertz CT molecular complexity index is 1970. The Morgan fingerprint density at radius 1 is 0.533 bits per heavy atom. The number of hydrogen-bond acceptors (Lipinski definition) is 7. The fourth-order valence-electron chi connectivity index (χ4n) is 4.91. The van der Waals surface area contributed by atoms with E-state index in [0.717, 1.165) is 28.2 Å². The van der Waals surface area contributed by atoms with Gasteiger partial charge in [-0.2, -0.15) is 0 Å². The number of benzene rings is 5. The standard InChI is InChI=1S/C37H26N6O2/c44-35(27-16-18-29(19-17-27)37-42-41-36(45-37)28-10-4-1-5-11-28)40-34-25-38-33(24-39-34)26-20-22-32(23-21-26)43(30-12-6-2-7-13-30)31-14-8-3-9-15-31/h1-25H,(H,39,40,44). The average Bonchev–Trinajstić information content (AvgIpc) is 3.61. The normalized spacial score (nSPS) is 10.8. The lowest BCUT2D eigenvalue weighted by Crippen LogP contribution is -2.13. The van der Waals surface area contributed by atoms with Crippen molar-refractivity contribution in [3.8, 4) is 34.2 Å². The van der Waals surface area contributed by atoms with Crippen molar-refractivity contribution in [1.82, 2.24) is 20.2 Å². The maximum atomic E-state index is 12.9. The van der Waals surface area contributed by atoms with Crippen LogP contribution in [0.4, 0.5) is 22.9 Å². The van der Waals surface area contributed by atoms with Crippen molar-refractivity contribution >= 4 is 28.8 Å². The lowest BCUT2D eigenvalue weighted by Gasteiger charge is -2.25. The quantitative estimate of drug-likeness (QED) is 0.190. The first-order valence-electron chi connectivity index (χ1n) is 14.3. The van der Waals surface area contributed by atoms with Crippen molar-refractivity contribution in [2.75, 3.05) is 10.2 Å². The Morgan fingerprint density at radius 2 is 1.04 bits per heavy atom. The molecule has 0 atom stereocenters. The minimum atomic E-state index is -0.301. The van der Waals surface area contributed by atoms with E-state index in [1.54, 1.807) is 36.7 Å². The zero-order valence-corrected chi connectivity index (χ0v) is 24.0. The van der Waals surface area contributed by atoms with Crippen LogP contribution in [0.25, 0.3) is 34.2 Å². The van der Waals surface area contributed by atoms with Gasteiger partial charge in [0.05, 0.1) is 18.1 Å². The number of nitrogens with one attached hydrogen (secondary N) is 1. The number of para-hydroxylation sites is 2. The Hall–Kier alpha value is -6.41. The molecule has 216 valence electrons. The van der Waals surface area contributed by atoms with Crippen LogP contribution in [-0.2, 0) is 0 Å². The van der Waals surface area contributed by atoms with Crippen LogP contribution in [-0.4, -0.2) is 26.1 Å². The summed E-state index contributed by atoms with van der Waals surface area (Å²) in [6.45, 7) is 0. The number of rotatable bonds is 8. The summed E-state index contributed by atoms with van der Waals surface area (Å²) >= 11 is 0. The van der Waals surface area contributed by atoms with Crippen molar-refractivity contribution in [3.05, 3.63) is 157 Å². The average molecular weight is 587 g/mol. The summed E-state index contributed by atoms with van der Waals surface area (Å²) in [6, 6.07) is 45.2. The van der Waals surface area contributed by atoms with Crippen LogP contribution in [0.3, 0.4) is 0 Å². The van der Waals surface area contributed by atoms with Gasteiger partial charge in [0.25, 0.3) is 5.91 Å². The maximum Gasteiger partial charge on any atom is 0.256 e. The molecule has 5 aromatic carbocycles. The molecule has 0 aliphatic rings. The molecule has 45 heavy (non-hydrogen) atoms. The zero-order valence-electron chi connectivity index (χ0n) is 24.0. The fraction of sp³-hybridized carbons (Fsp3) is 0. The van der Waals surface area contributed by atoms with Gasteiger partial charge in [-0.25, -0.2) is 4.98 Å². The fourth-order valence-corrected chi connectivity index (χ4v) is 4.91. The van der Waals surface area contributed by atoms with Gasteiger partial charge in [-0.1, -0.05) is 66.7 Å². The third-order valence-electron chi connectivity index (χ3n) is 7.18. The van der Waals surface area contributed by atoms with E-state index in [1.807, 2.05) is 78.9 Å². The Balaban J connectivity index is 1.02. The second kappa shape index (κ2) is 12.4. The first kappa shape index (κ1) is 27.4. The number of aromatic nitrogens is 4. The third kappa shape index (κ3) is 6.07. The molecule has 0 radical (unpaired) electrons. The summed E-state index contributed by atoms with van der Waals surface area (Å²) in [4.78, 5) is 24.1. The van der Waals surface area contributed by atoms with Crippen molar-refractivity contribution in [2.45, 2.75) is 0 Å². The summed E-state index contributed by atoms with van der Waals surface area (Å²) in [5.41, 5.74) is 6.79. The lowest BCUT2D eigenvalue weighted by atomic mass is 10.1. The number of anilines is 4. The van der Waals surface area contributed by atoms with Crippen LogP contribution in [0, 0.1) is 0 Å². The Morgan fingerprint density at radius 3 is 1.60 bits per heavy atom. The highest BCUT2D eigenvalue weighted by atomic mass is 16.4. The van der Waals surface area contributed by atoms with Crippen LogP contribution in [0.15, 0.2) is 156 Å². The predicted octanol–water partition coefficient (Wildman–Crippen LogP) is 8.58. The third-order valence-corrected chi connectivity index (χ3v) is 7.18. The van der Waals surface area contributed by atoms with Gasteiger partial charge in [-0.05, 0) is 72.8 Å². The highest BCUT2D eigenvalue weighted by Crippen LogP contribution is 2.35. The minimum Gasteiger partial charge on any atom is -0.416 e.